The number of hydrogen-bond acceptors (Lipinski definition) is 7. The third-order valence-corrected chi connectivity index (χ3v) is 6.32. The van der Waals surface area contributed by atoms with Gasteiger partial charge in [0.2, 0.25) is 11.8 Å². The number of aromatic nitrogens is 3. The van der Waals surface area contributed by atoms with Crippen LogP contribution in [0.4, 0.5) is 0 Å². The van der Waals surface area contributed by atoms with Crippen molar-refractivity contribution >= 4 is 28.8 Å². The topological polar surface area (TPSA) is 81.4 Å². The van der Waals surface area contributed by atoms with Crippen LogP contribution >= 0.6 is 22.9 Å². The summed E-state index contributed by atoms with van der Waals surface area (Å²) in [4.78, 5) is 19.5. The zero-order valence-electron chi connectivity index (χ0n) is 17.9. The molecular weight excluding hydrogens is 460 g/mol. The van der Waals surface area contributed by atoms with E-state index in [2.05, 4.69) is 15.2 Å². The van der Waals surface area contributed by atoms with E-state index in [4.69, 9.17) is 20.8 Å². The van der Waals surface area contributed by atoms with E-state index >= 15 is 0 Å². The smallest absolute Gasteiger partial charge is 0.254 e. The number of carbonyl (C=O) groups excluding carboxylic acids is 1. The molecule has 0 spiro atoms. The van der Waals surface area contributed by atoms with E-state index < -0.39 is 0 Å². The number of rotatable bonds is 8. The van der Waals surface area contributed by atoms with Gasteiger partial charge in [0.15, 0.2) is 0 Å². The summed E-state index contributed by atoms with van der Waals surface area (Å²) >= 11 is 7.53. The fourth-order valence-corrected chi connectivity index (χ4v) is 4.17. The predicted octanol–water partition coefficient (Wildman–Crippen LogP) is 5.54. The largest absolute Gasteiger partial charge is 0.487 e. The third-order valence-electron chi connectivity index (χ3n) is 5.25. The van der Waals surface area contributed by atoms with Crippen LogP contribution in [0.1, 0.15) is 39.8 Å². The lowest BCUT2D eigenvalue weighted by molar-refractivity contribution is 0.0714. The lowest BCUT2D eigenvalue weighted by Gasteiger charge is -2.21. The van der Waals surface area contributed by atoms with E-state index in [-0.39, 0.29) is 18.5 Å². The molecule has 0 aliphatic heterocycles. The molecule has 7 nitrogen and oxygen atoms in total. The van der Waals surface area contributed by atoms with Crippen molar-refractivity contribution in [2.24, 2.45) is 0 Å². The van der Waals surface area contributed by atoms with Gasteiger partial charge >= 0.3 is 0 Å². The van der Waals surface area contributed by atoms with Crippen molar-refractivity contribution in [3.05, 3.63) is 81.1 Å². The average molecular weight is 481 g/mol. The predicted molar refractivity (Wildman–Crippen MR) is 125 cm³/mol. The first-order chi connectivity index (χ1) is 16.0. The number of benzene rings is 2. The van der Waals surface area contributed by atoms with Gasteiger partial charge in [0.25, 0.3) is 5.91 Å². The second-order valence-electron chi connectivity index (χ2n) is 7.85. The first-order valence-electron chi connectivity index (χ1n) is 10.6. The lowest BCUT2D eigenvalue weighted by atomic mass is 10.2. The highest BCUT2D eigenvalue weighted by Crippen LogP contribution is 2.31. The molecule has 1 aliphatic rings. The Hall–Kier alpha value is -3.23. The summed E-state index contributed by atoms with van der Waals surface area (Å²) in [5.41, 5.74) is 2.22. The number of aryl methyl sites for hydroxylation is 1. The molecule has 9 heteroatoms. The van der Waals surface area contributed by atoms with Gasteiger partial charge in [-0.1, -0.05) is 17.7 Å². The molecule has 168 valence electrons. The van der Waals surface area contributed by atoms with Crippen molar-refractivity contribution in [3.8, 4) is 17.2 Å². The Labute approximate surface area is 200 Å². The minimum atomic E-state index is -0.0845. The molecule has 0 radical (unpaired) electrons. The fourth-order valence-electron chi connectivity index (χ4n) is 3.44. The van der Waals surface area contributed by atoms with Crippen molar-refractivity contribution in [1.29, 1.82) is 0 Å². The van der Waals surface area contributed by atoms with Crippen LogP contribution in [-0.4, -0.2) is 32.0 Å². The first kappa shape index (κ1) is 21.6. The van der Waals surface area contributed by atoms with Crippen LogP contribution < -0.4 is 4.74 Å². The standard InChI is InChI=1S/C24H21ClN4O3S/c1-15-26-19(14-33-15)13-31-21-4-2-3-17(11-21)24(30)29(20-9-10-20)12-22-27-28-23(32-22)16-5-7-18(25)8-6-16/h2-8,11,14,20H,9-10,12-13H2,1H3. The summed E-state index contributed by atoms with van der Waals surface area (Å²) in [5, 5.41) is 11.9. The van der Waals surface area contributed by atoms with Crippen molar-refractivity contribution in [1.82, 2.24) is 20.1 Å². The number of carbonyl (C=O) groups is 1. The van der Waals surface area contributed by atoms with Crippen molar-refractivity contribution < 1.29 is 13.9 Å². The van der Waals surface area contributed by atoms with Gasteiger partial charge in [-0.2, -0.15) is 0 Å². The molecule has 2 heterocycles. The van der Waals surface area contributed by atoms with E-state index in [0.29, 0.717) is 34.7 Å². The molecule has 1 amide bonds. The average Bonchev–Trinajstić information content (AvgIpc) is 3.41. The van der Waals surface area contributed by atoms with E-state index in [0.717, 1.165) is 29.1 Å². The van der Waals surface area contributed by atoms with Gasteiger partial charge in [0, 0.05) is 27.6 Å². The summed E-state index contributed by atoms with van der Waals surface area (Å²) in [7, 11) is 0. The van der Waals surface area contributed by atoms with E-state index in [1.54, 1.807) is 40.5 Å². The molecule has 4 aromatic rings. The monoisotopic (exact) mass is 480 g/mol. The normalized spacial score (nSPS) is 13.2. The van der Waals surface area contributed by atoms with Crippen LogP contribution in [0.5, 0.6) is 5.75 Å². The zero-order chi connectivity index (χ0) is 22.8. The van der Waals surface area contributed by atoms with Gasteiger partial charge in [-0.25, -0.2) is 4.98 Å². The second kappa shape index (κ2) is 9.33. The maximum absolute atomic E-state index is 13.3. The Morgan fingerprint density at radius 1 is 1.21 bits per heavy atom. The molecule has 1 aliphatic carbocycles. The number of amides is 1. The van der Waals surface area contributed by atoms with Gasteiger partial charge in [-0.3, -0.25) is 4.79 Å². The third kappa shape index (κ3) is 5.23. The van der Waals surface area contributed by atoms with Crippen molar-refractivity contribution in [3.63, 3.8) is 0 Å². The quantitative estimate of drug-likeness (QED) is 0.329. The Bertz CT molecular complexity index is 1270. The highest BCUT2D eigenvalue weighted by Gasteiger charge is 2.34. The zero-order valence-corrected chi connectivity index (χ0v) is 19.5. The van der Waals surface area contributed by atoms with E-state index in [1.807, 2.05) is 36.6 Å². The van der Waals surface area contributed by atoms with Gasteiger partial charge in [-0.15, -0.1) is 21.5 Å². The molecule has 0 N–H and O–H groups in total. The molecule has 0 saturated heterocycles. The van der Waals surface area contributed by atoms with Crippen LogP contribution in [0.3, 0.4) is 0 Å². The van der Waals surface area contributed by atoms with Crippen LogP contribution in [0.15, 0.2) is 58.3 Å². The van der Waals surface area contributed by atoms with Crippen LogP contribution in [0, 0.1) is 6.92 Å². The van der Waals surface area contributed by atoms with Crippen molar-refractivity contribution in [2.45, 2.75) is 39.0 Å². The first-order valence-corrected chi connectivity index (χ1v) is 11.8. The minimum Gasteiger partial charge on any atom is -0.487 e. The minimum absolute atomic E-state index is 0.0845. The molecular formula is C24H21ClN4O3S. The second-order valence-corrected chi connectivity index (χ2v) is 9.35. The number of halogens is 1. The fraction of sp³-hybridized carbons (Fsp3) is 0.250. The van der Waals surface area contributed by atoms with E-state index in [9.17, 15) is 4.79 Å². The highest BCUT2D eigenvalue weighted by molar-refractivity contribution is 7.09. The Morgan fingerprint density at radius 2 is 2.03 bits per heavy atom. The summed E-state index contributed by atoms with van der Waals surface area (Å²) < 4.78 is 11.7. The van der Waals surface area contributed by atoms with Crippen LogP contribution in [-0.2, 0) is 13.2 Å². The molecule has 33 heavy (non-hydrogen) atoms. The molecule has 2 aromatic carbocycles. The van der Waals surface area contributed by atoms with Crippen LogP contribution in [0.2, 0.25) is 5.02 Å². The van der Waals surface area contributed by atoms with Gasteiger partial charge in [0.05, 0.1) is 17.2 Å². The number of nitrogens with zero attached hydrogens (tertiary/aromatic N) is 4. The molecule has 0 bridgehead atoms. The number of hydrogen-bond donors (Lipinski definition) is 0. The summed E-state index contributed by atoms with van der Waals surface area (Å²) in [6.07, 6.45) is 1.92. The summed E-state index contributed by atoms with van der Waals surface area (Å²) in [5.74, 6) is 1.34. The molecule has 0 atom stereocenters. The summed E-state index contributed by atoms with van der Waals surface area (Å²) in [6, 6.07) is 14.6. The maximum atomic E-state index is 13.3. The SMILES string of the molecule is Cc1nc(COc2cccc(C(=O)N(Cc3nnc(-c4ccc(Cl)cc4)o3)C3CC3)c2)cs1. The molecule has 0 unspecified atom stereocenters. The number of thiazole rings is 1. The molecule has 1 saturated carbocycles. The Morgan fingerprint density at radius 3 is 2.76 bits per heavy atom. The lowest BCUT2D eigenvalue weighted by Crippen LogP contribution is -2.32. The van der Waals surface area contributed by atoms with E-state index in [1.165, 1.54) is 0 Å². The van der Waals surface area contributed by atoms with Crippen LogP contribution in [0.25, 0.3) is 11.5 Å². The Kier molecular flexibility index (Phi) is 6.11. The van der Waals surface area contributed by atoms with Crippen molar-refractivity contribution in [2.75, 3.05) is 0 Å². The Balaban J connectivity index is 1.29. The molecule has 5 rings (SSSR count). The van der Waals surface area contributed by atoms with Gasteiger partial charge in [0.1, 0.15) is 12.4 Å². The maximum Gasteiger partial charge on any atom is 0.254 e. The number of ether oxygens (including phenoxy) is 1. The summed E-state index contributed by atoms with van der Waals surface area (Å²) in [6.45, 7) is 2.58. The highest BCUT2D eigenvalue weighted by atomic mass is 35.5. The van der Waals surface area contributed by atoms with Gasteiger partial charge in [-0.05, 0) is 62.2 Å². The molecule has 1 fully saturated rings. The van der Waals surface area contributed by atoms with Gasteiger partial charge < -0.3 is 14.1 Å². The molecule has 2 aromatic heterocycles.